The Morgan fingerprint density at radius 3 is 2.00 bits per heavy atom. The Labute approximate surface area is 163 Å². The molecule has 1 aliphatic carbocycles. The predicted molar refractivity (Wildman–Crippen MR) is 110 cm³/mol. The van der Waals surface area contributed by atoms with Crippen LogP contribution >= 0.6 is 0 Å². The maximum absolute atomic E-state index is 12.3. The SMILES string of the molecule is O=C1C=C(c2ccc(-c3ccccc3)cc2)CC(c2ccc([N+](=O)[O-])cc2)C1. The smallest absolute Gasteiger partial charge is 0.269 e. The average Bonchev–Trinajstić information content (AvgIpc) is 2.74. The first-order valence-electron chi connectivity index (χ1n) is 9.24. The minimum Gasteiger partial charge on any atom is -0.295 e. The molecule has 0 aromatic heterocycles. The summed E-state index contributed by atoms with van der Waals surface area (Å²) in [5, 5.41) is 10.8. The molecule has 0 heterocycles. The van der Waals surface area contributed by atoms with E-state index in [4.69, 9.17) is 0 Å². The molecule has 4 rings (SSSR count). The molecule has 0 spiro atoms. The second-order valence-electron chi connectivity index (χ2n) is 7.03. The van der Waals surface area contributed by atoms with Gasteiger partial charge in [-0.1, -0.05) is 66.7 Å². The van der Waals surface area contributed by atoms with Crippen molar-refractivity contribution < 1.29 is 9.72 Å². The molecule has 0 amide bonds. The fourth-order valence-electron chi connectivity index (χ4n) is 3.71. The third kappa shape index (κ3) is 3.76. The number of carbonyl (C=O) groups excluding carboxylic acids is 1. The van der Waals surface area contributed by atoms with Crippen LogP contribution in [0.5, 0.6) is 0 Å². The van der Waals surface area contributed by atoms with E-state index in [9.17, 15) is 14.9 Å². The van der Waals surface area contributed by atoms with Crippen LogP contribution in [0.4, 0.5) is 5.69 Å². The van der Waals surface area contributed by atoms with Crippen LogP contribution in [0, 0.1) is 10.1 Å². The van der Waals surface area contributed by atoms with Crippen LogP contribution in [-0.4, -0.2) is 10.7 Å². The van der Waals surface area contributed by atoms with Gasteiger partial charge in [-0.15, -0.1) is 0 Å². The quantitative estimate of drug-likeness (QED) is 0.432. The van der Waals surface area contributed by atoms with Gasteiger partial charge in [-0.25, -0.2) is 0 Å². The highest BCUT2D eigenvalue weighted by Gasteiger charge is 2.23. The van der Waals surface area contributed by atoms with Crippen molar-refractivity contribution in [2.45, 2.75) is 18.8 Å². The topological polar surface area (TPSA) is 60.2 Å². The number of rotatable bonds is 4. The fraction of sp³-hybridized carbons (Fsp3) is 0.125. The van der Waals surface area contributed by atoms with E-state index in [1.54, 1.807) is 18.2 Å². The maximum atomic E-state index is 12.3. The third-order valence-electron chi connectivity index (χ3n) is 5.19. The molecule has 0 aliphatic heterocycles. The van der Waals surface area contributed by atoms with E-state index in [-0.39, 0.29) is 17.4 Å². The summed E-state index contributed by atoms with van der Waals surface area (Å²) in [6.07, 6.45) is 2.91. The first-order valence-corrected chi connectivity index (χ1v) is 9.24. The molecule has 4 heteroatoms. The summed E-state index contributed by atoms with van der Waals surface area (Å²) in [7, 11) is 0. The van der Waals surface area contributed by atoms with Gasteiger partial charge in [0.15, 0.2) is 5.78 Å². The van der Waals surface area contributed by atoms with Crippen LogP contribution < -0.4 is 0 Å². The van der Waals surface area contributed by atoms with Crippen LogP contribution in [0.15, 0.2) is 84.9 Å². The summed E-state index contributed by atoms with van der Waals surface area (Å²) in [4.78, 5) is 22.8. The zero-order chi connectivity index (χ0) is 19.5. The summed E-state index contributed by atoms with van der Waals surface area (Å²) >= 11 is 0. The lowest BCUT2D eigenvalue weighted by Crippen LogP contribution is -2.12. The number of nitrogens with zero attached hydrogens (tertiary/aromatic N) is 1. The van der Waals surface area contributed by atoms with Crippen molar-refractivity contribution in [3.8, 4) is 11.1 Å². The van der Waals surface area contributed by atoms with Gasteiger partial charge in [-0.05, 0) is 46.2 Å². The Hall–Kier alpha value is -3.53. The van der Waals surface area contributed by atoms with Crippen molar-refractivity contribution in [2.75, 3.05) is 0 Å². The van der Waals surface area contributed by atoms with Crippen LogP contribution in [-0.2, 0) is 4.79 Å². The van der Waals surface area contributed by atoms with Crippen molar-refractivity contribution in [3.63, 3.8) is 0 Å². The number of ketones is 1. The summed E-state index contributed by atoms with van der Waals surface area (Å²) in [6, 6.07) is 25.0. The monoisotopic (exact) mass is 369 g/mol. The van der Waals surface area contributed by atoms with E-state index in [2.05, 4.69) is 36.4 Å². The van der Waals surface area contributed by atoms with Crippen molar-refractivity contribution in [2.24, 2.45) is 0 Å². The van der Waals surface area contributed by atoms with Gasteiger partial charge in [0.05, 0.1) is 4.92 Å². The molecule has 0 radical (unpaired) electrons. The second kappa shape index (κ2) is 7.61. The normalized spacial score (nSPS) is 16.5. The third-order valence-corrected chi connectivity index (χ3v) is 5.19. The first-order chi connectivity index (χ1) is 13.6. The van der Waals surface area contributed by atoms with Crippen LogP contribution in [0.3, 0.4) is 0 Å². The summed E-state index contributed by atoms with van der Waals surface area (Å²) in [6.45, 7) is 0. The molecule has 1 aliphatic rings. The first kappa shape index (κ1) is 17.9. The number of hydrogen-bond acceptors (Lipinski definition) is 3. The Morgan fingerprint density at radius 2 is 1.36 bits per heavy atom. The highest BCUT2D eigenvalue weighted by molar-refractivity contribution is 5.99. The molecule has 0 bridgehead atoms. The van der Waals surface area contributed by atoms with Crippen molar-refractivity contribution in [1.29, 1.82) is 0 Å². The molecule has 0 saturated carbocycles. The lowest BCUT2D eigenvalue weighted by atomic mass is 9.81. The summed E-state index contributed by atoms with van der Waals surface area (Å²) in [5.74, 6) is 0.138. The Bertz CT molecular complexity index is 1040. The van der Waals surface area contributed by atoms with Gasteiger partial charge in [0.1, 0.15) is 0 Å². The highest BCUT2D eigenvalue weighted by Crippen LogP contribution is 2.37. The van der Waals surface area contributed by atoms with E-state index in [0.717, 1.165) is 34.2 Å². The summed E-state index contributed by atoms with van der Waals surface area (Å²) < 4.78 is 0. The number of allylic oxidation sites excluding steroid dienone is 2. The number of carbonyl (C=O) groups is 1. The lowest BCUT2D eigenvalue weighted by Gasteiger charge is -2.23. The van der Waals surface area contributed by atoms with Gasteiger partial charge in [0.2, 0.25) is 0 Å². The molecule has 1 atom stereocenters. The van der Waals surface area contributed by atoms with Crippen LogP contribution in [0.1, 0.15) is 29.9 Å². The lowest BCUT2D eigenvalue weighted by molar-refractivity contribution is -0.384. The molecule has 3 aromatic carbocycles. The highest BCUT2D eigenvalue weighted by atomic mass is 16.6. The average molecular weight is 369 g/mol. The van der Waals surface area contributed by atoms with E-state index in [0.29, 0.717) is 6.42 Å². The number of nitro benzene ring substituents is 1. The molecule has 3 aromatic rings. The number of nitro groups is 1. The van der Waals surface area contributed by atoms with E-state index < -0.39 is 4.92 Å². The van der Waals surface area contributed by atoms with Crippen molar-refractivity contribution in [3.05, 3.63) is 106 Å². The largest absolute Gasteiger partial charge is 0.295 e. The van der Waals surface area contributed by atoms with E-state index in [1.807, 2.05) is 18.2 Å². The predicted octanol–water partition coefficient (Wildman–Crippen LogP) is 5.79. The van der Waals surface area contributed by atoms with E-state index >= 15 is 0 Å². The number of benzene rings is 3. The molecule has 28 heavy (non-hydrogen) atoms. The summed E-state index contributed by atoms with van der Waals surface area (Å²) in [5.41, 5.74) is 5.38. The Morgan fingerprint density at radius 1 is 0.750 bits per heavy atom. The minimum atomic E-state index is -0.407. The molecule has 1 unspecified atom stereocenters. The van der Waals surface area contributed by atoms with Gasteiger partial charge in [0, 0.05) is 18.6 Å². The van der Waals surface area contributed by atoms with Gasteiger partial charge in [0.25, 0.3) is 5.69 Å². The molecule has 4 nitrogen and oxygen atoms in total. The molecular weight excluding hydrogens is 350 g/mol. The molecular formula is C24H19NO3. The van der Waals surface area contributed by atoms with Gasteiger partial charge in [-0.3, -0.25) is 14.9 Å². The van der Waals surface area contributed by atoms with Crippen molar-refractivity contribution in [1.82, 2.24) is 0 Å². The number of hydrogen-bond donors (Lipinski definition) is 0. The minimum absolute atomic E-state index is 0.0436. The molecule has 0 fully saturated rings. The standard InChI is InChI=1S/C24H19NO3/c26-24-15-21(14-22(16-24)20-10-12-23(13-11-20)25(27)28)19-8-6-18(7-9-19)17-4-2-1-3-5-17/h1-13,15,22H,14,16H2. The van der Waals surface area contributed by atoms with Gasteiger partial charge >= 0.3 is 0 Å². The zero-order valence-electron chi connectivity index (χ0n) is 15.2. The second-order valence-corrected chi connectivity index (χ2v) is 7.03. The van der Waals surface area contributed by atoms with Crippen LogP contribution in [0.2, 0.25) is 0 Å². The van der Waals surface area contributed by atoms with E-state index in [1.165, 1.54) is 12.1 Å². The van der Waals surface area contributed by atoms with Crippen molar-refractivity contribution >= 4 is 17.0 Å². The molecule has 138 valence electrons. The van der Waals surface area contributed by atoms with Gasteiger partial charge < -0.3 is 0 Å². The van der Waals surface area contributed by atoms with Gasteiger partial charge in [-0.2, -0.15) is 0 Å². The maximum Gasteiger partial charge on any atom is 0.269 e. The zero-order valence-corrected chi connectivity index (χ0v) is 15.2. The van der Waals surface area contributed by atoms with Crippen LogP contribution in [0.25, 0.3) is 16.7 Å². The Balaban J connectivity index is 1.56. The molecule has 0 saturated heterocycles. The molecule has 0 N–H and O–H groups in total. The Kier molecular flexibility index (Phi) is 4.85. The fourth-order valence-corrected chi connectivity index (χ4v) is 3.71. The number of non-ortho nitro benzene ring substituents is 1.